The summed E-state index contributed by atoms with van der Waals surface area (Å²) in [6.07, 6.45) is 1.86. The minimum Gasteiger partial charge on any atom is -0.394 e. The summed E-state index contributed by atoms with van der Waals surface area (Å²) in [4.78, 5) is 14.0. The molecule has 0 spiro atoms. The van der Waals surface area contributed by atoms with Crippen LogP contribution in [0.3, 0.4) is 0 Å². The van der Waals surface area contributed by atoms with Gasteiger partial charge in [0.1, 0.15) is 17.3 Å². The van der Waals surface area contributed by atoms with Crippen LogP contribution in [0.1, 0.15) is 37.0 Å². The number of hydrogen-bond acceptors (Lipinski definition) is 2. The van der Waals surface area contributed by atoms with Gasteiger partial charge >= 0.3 is 0 Å². The second-order valence-electron chi connectivity index (χ2n) is 5.31. The number of anilines is 1. The zero-order chi connectivity index (χ0) is 14.2. The standard InChI is InChI=1S/C14H18F2N2O/c1-8(2)12-4-3-5-18(12)14(19)9-6-10(15)13(17)11(16)7-9/h6-8,12H,3-5,17H2,1-2H3. The Morgan fingerprint density at radius 3 is 2.47 bits per heavy atom. The first-order valence-corrected chi connectivity index (χ1v) is 6.47. The minimum absolute atomic E-state index is 0.0248. The minimum atomic E-state index is -0.886. The van der Waals surface area contributed by atoms with Crippen LogP contribution in [-0.2, 0) is 0 Å². The SMILES string of the molecule is CC(C)C1CCCN1C(=O)c1cc(F)c(N)c(F)c1. The molecule has 1 unspecified atom stereocenters. The molecule has 3 nitrogen and oxygen atoms in total. The zero-order valence-electron chi connectivity index (χ0n) is 11.1. The average Bonchev–Trinajstić information content (AvgIpc) is 2.83. The first-order valence-electron chi connectivity index (χ1n) is 6.47. The first kappa shape index (κ1) is 13.8. The molecule has 0 bridgehead atoms. The average molecular weight is 268 g/mol. The normalized spacial score (nSPS) is 19.2. The van der Waals surface area contributed by atoms with Gasteiger partial charge in [0, 0.05) is 18.2 Å². The molecule has 1 amide bonds. The summed E-state index contributed by atoms with van der Waals surface area (Å²) in [5.74, 6) is -1.77. The second kappa shape index (κ2) is 5.15. The van der Waals surface area contributed by atoms with E-state index in [9.17, 15) is 13.6 Å². The molecule has 1 saturated heterocycles. The lowest BCUT2D eigenvalue weighted by atomic mass is 10.0. The van der Waals surface area contributed by atoms with Gasteiger partial charge in [0.25, 0.3) is 5.91 Å². The van der Waals surface area contributed by atoms with Crippen LogP contribution in [0, 0.1) is 17.6 Å². The molecule has 2 rings (SSSR count). The highest BCUT2D eigenvalue weighted by Gasteiger charge is 2.31. The van der Waals surface area contributed by atoms with Crippen molar-refractivity contribution in [3.8, 4) is 0 Å². The van der Waals surface area contributed by atoms with Crippen molar-refractivity contribution in [3.63, 3.8) is 0 Å². The molecule has 0 aliphatic carbocycles. The molecule has 2 N–H and O–H groups in total. The van der Waals surface area contributed by atoms with E-state index in [-0.39, 0.29) is 17.5 Å². The van der Waals surface area contributed by atoms with Crippen molar-refractivity contribution in [1.82, 2.24) is 4.90 Å². The molecule has 1 aromatic rings. The third-order valence-corrected chi connectivity index (χ3v) is 3.66. The molecule has 0 radical (unpaired) electrons. The first-order chi connectivity index (χ1) is 8.91. The van der Waals surface area contributed by atoms with E-state index in [1.807, 2.05) is 13.8 Å². The fraction of sp³-hybridized carbons (Fsp3) is 0.500. The van der Waals surface area contributed by atoms with Crippen molar-refractivity contribution in [3.05, 3.63) is 29.3 Å². The van der Waals surface area contributed by atoms with Gasteiger partial charge in [0.05, 0.1) is 0 Å². The van der Waals surface area contributed by atoms with Gasteiger partial charge < -0.3 is 10.6 Å². The highest BCUT2D eigenvalue weighted by molar-refractivity contribution is 5.95. The van der Waals surface area contributed by atoms with Crippen LogP contribution in [0.15, 0.2) is 12.1 Å². The van der Waals surface area contributed by atoms with Gasteiger partial charge in [-0.05, 0) is 30.9 Å². The number of amides is 1. The fourth-order valence-electron chi connectivity index (χ4n) is 2.61. The molecule has 1 fully saturated rings. The Morgan fingerprint density at radius 1 is 1.37 bits per heavy atom. The van der Waals surface area contributed by atoms with Crippen LogP contribution >= 0.6 is 0 Å². The molecule has 0 aromatic heterocycles. The van der Waals surface area contributed by atoms with E-state index in [1.165, 1.54) is 0 Å². The molecular weight excluding hydrogens is 250 g/mol. The molecule has 1 aliphatic heterocycles. The maximum atomic E-state index is 13.4. The van der Waals surface area contributed by atoms with Gasteiger partial charge in [-0.15, -0.1) is 0 Å². The smallest absolute Gasteiger partial charge is 0.254 e. The number of nitrogens with zero attached hydrogens (tertiary/aromatic N) is 1. The zero-order valence-corrected chi connectivity index (χ0v) is 11.1. The lowest BCUT2D eigenvalue weighted by Gasteiger charge is -2.27. The third kappa shape index (κ3) is 2.55. The van der Waals surface area contributed by atoms with E-state index in [0.717, 1.165) is 25.0 Å². The van der Waals surface area contributed by atoms with Crippen molar-refractivity contribution >= 4 is 11.6 Å². The van der Waals surface area contributed by atoms with Crippen molar-refractivity contribution in [2.24, 2.45) is 5.92 Å². The third-order valence-electron chi connectivity index (χ3n) is 3.66. The number of carbonyl (C=O) groups excluding carboxylic acids is 1. The summed E-state index contributed by atoms with van der Waals surface area (Å²) in [5.41, 5.74) is 4.69. The summed E-state index contributed by atoms with van der Waals surface area (Å²) in [5, 5.41) is 0. The Balaban J connectivity index is 2.29. The Morgan fingerprint density at radius 2 is 1.95 bits per heavy atom. The second-order valence-corrected chi connectivity index (χ2v) is 5.31. The molecule has 0 saturated carbocycles. The maximum Gasteiger partial charge on any atom is 0.254 e. The quantitative estimate of drug-likeness (QED) is 0.838. The number of nitrogen functional groups attached to an aromatic ring is 1. The summed E-state index contributed by atoms with van der Waals surface area (Å²) >= 11 is 0. The molecule has 1 heterocycles. The van der Waals surface area contributed by atoms with Crippen LogP contribution in [0.4, 0.5) is 14.5 Å². The Labute approximate surface area is 111 Å². The summed E-state index contributed by atoms with van der Waals surface area (Å²) in [6, 6.07) is 2.16. The maximum absolute atomic E-state index is 13.4. The molecular formula is C14H18F2N2O. The number of halogens is 2. The molecule has 5 heteroatoms. The van der Waals surface area contributed by atoms with E-state index in [4.69, 9.17) is 5.73 Å². The number of benzene rings is 1. The predicted octanol–water partition coefficient (Wildman–Crippen LogP) is 2.81. The van der Waals surface area contributed by atoms with Gasteiger partial charge in [0.2, 0.25) is 0 Å². The van der Waals surface area contributed by atoms with E-state index in [0.29, 0.717) is 12.5 Å². The molecule has 1 atom stereocenters. The topological polar surface area (TPSA) is 46.3 Å². The van der Waals surface area contributed by atoms with E-state index < -0.39 is 17.3 Å². The van der Waals surface area contributed by atoms with Gasteiger partial charge in [-0.25, -0.2) is 8.78 Å². The highest BCUT2D eigenvalue weighted by Crippen LogP contribution is 2.27. The van der Waals surface area contributed by atoms with Gasteiger partial charge in [0.15, 0.2) is 0 Å². The van der Waals surface area contributed by atoms with Crippen LogP contribution in [0.2, 0.25) is 0 Å². The van der Waals surface area contributed by atoms with E-state index >= 15 is 0 Å². The summed E-state index contributed by atoms with van der Waals surface area (Å²) in [6.45, 7) is 4.72. The largest absolute Gasteiger partial charge is 0.394 e. The number of carbonyl (C=O) groups is 1. The van der Waals surface area contributed by atoms with Crippen molar-refractivity contribution in [2.75, 3.05) is 12.3 Å². The number of rotatable bonds is 2. The van der Waals surface area contributed by atoms with E-state index in [2.05, 4.69) is 0 Å². The van der Waals surface area contributed by atoms with Crippen molar-refractivity contribution < 1.29 is 13.6 Å². The Kier molecular flexibility index (Phi) is 3.73. The predicted molar refractivity (Wildman–Crippen MR) is 69.7 cm³/mol. The lowest BCUT2D eigenvalue weighted by Crippen LogP contribution is -2.38. The van der Waals surface area contributed by atoms with Crippen LogP contribution < -0.4 is 5.73 Å². The van der Waals surface area contributed by atoms with Gasteiger partial charge in [-0.3, -0.25) is 4.79 Å². The monoisotopic (exact) mass is 268 g/mol. The van der Waals surface area contributed by atoms with Gasteiger partial charge in [-0.1, -0.05) is 13.8 Å². The van der Waals surface area contributed by atoms with Crippen LogP contribution in [-0.4, -0.2) is 23.4 Å². The number of nitrogens with two attached hydrogens (primary N) is 1. The Hall–Kier alpha value is -1.65. The summed E-state index contributed by atoms with van der Waals surface area (Å²) < 4.78 is 26.8. The molecule has 19 heavy (non-hydrogen) atoms. The summed E-state index contributed by atoms with van der Waals surface area (Å²) in [7, 11) is 0. The lowest BCUT2D eigenvalue weighted by molar-refractivity contribution is 0.0700. The molecule has 1 aliphatic rings. The fourth-order valence-corrected chi connectivity index (χ4v) is 2.61. The number of likely N-dealkylation sites (tertiary alicyclic amines) is 1. The molecule has 104 valence electrons. The van der Waals surface area contributed by atoms with E-state index in [1.54, 1.807) is 4.90 Å². The molecule has 1 aromatic carbocycles. The van der Waals surface area contributed by atoms with Crippen molar-refractivity contribution in [2.45, 2.75) is 32.7 Å². The van der Waals surface area contributed by atoms with Gasteiger partial charge in [-0.2, -0.15) is 0 Å². The highest BCUT2D eigenvalue weighted by atomic mass is 19.1. The Bertz CT molecular complexity index is 479. The number of hydrogen-bond donors (Lipinski definition) is 1. The van der Waals surface area contributed by atoms with Crippen LogP contribution in [0.5, 0.6) is 0 Å². The van der Waals surface area contributed by atoms with Crippen LogP contribution in [0.25, 0.3) is 0 Å². The van der Waals surface area contributed by atoms with Crippen molar-refractivity contribution in [1.29, 1.82) is 0 Å².